The minimum absolute atomic E-state index is 0.0294. The molecule has 1 aliphatic rings. The highest BCUT2D eigenvalue weighted by atomic mass is 16.2. The molecule has 1 saturated heterocycles. The van der Waals surface area contributed by atoms with E-state index < -0.39 is 0 Å². The number of nitrogens with zero attached hydrogens (tertiary/aromatic N) is 4. The molecule has 0 N–H and O–H groups in total. The molecular weight excluding hydrogens is 328 g/mol. The molecule has 2 heterocycles. The van der Waals surface area contributed by atoms with E-state index in [9.17, 15) is 9.59 Å². The van der Waals surface area contributed by atoms with E-state index in [1.165, 1.54) is 6.20 Å². The first-order valence-electron chi connectivity index (χ1n) is 8.73. The highest BCUT2D eigenvalue weighted by Crippen LogP contribution is 2.09. The van der Waals surface area contributed by atoms with Gasteiger partial charge in [-0.2, -0.15) is 0 Å². The van der Waals surface area contributed by atoms with E-state index in [-0.39, 0.29) is 11.8 Å². The standard InChI is InChI=1S/C20H22N4O2/c1-16-14-22-18(15-21-16)20(26)24-11-5-10-23(12-13-24)19(25)9-8-17-6-3-2-4-7-17/h2-4,6-9,14-15H,5,10-13H2,1H3. The molecule has 3 rings (SSSR count). The molecule has 2 aromatic rings. The average Bonchev–Trinajstić information content (AvgIpc) is 2.93. The van der Waals surface area contributed by atoms with Gasteiger partial charge >= 0.3 is 0 Å². The first kappa shape index (κ1) is 17.8. The Morgan fingerprint density at radius 1 is 0.962 bits per heavy atom. The lowest BCUT2D eigenvalue weighted by Gasteiger charge is -2.21. The molecule has 134 valence electrons. The van der Waals surface area contributed by atoms with Crippen LogP contribution in [0.2, 0.25) is 0 Å². The number of aryl methyl sites for hydroxylation is 1. The lowest BCUT2D eigenvalue weighted by atomic mass is 10.2. The van der Waals surface area contributed by atoms with Gasteiger partial charge in [-0.25, -0.2) is 4.98 Å². The Kier molecular flexibility index (Phi) is 5.73. The number of carbonyl (C=O) groups is 2. The smallest absolute Gasteiger partial charge is 0.274 e. The van der Waals surface area contributed by atoms with Crippen LogP contribution in [-0.2, 0) is 4.79 Å². The summed E-state index contributed by atoms with van der Waals surface area (Å²) in [5.41, 5.74) is 2.11. The summed E-state index contributed by atoms with van der Waals surface area (Å²) in [5.74, 6) is -0.162. The van der Waals surface area contributed by atoms with Gasteiger partial charge in [0, 0.05) is 38.5 Å². The maximum atomic E-state index is 12.6. The summed E-state index contributed by atoms with van der Waals surface area (Å²) in [4.78, 5) is 36.8. The van der Waals surface area contributed by atoms with Crippen molar-refractivity contribution in [3.05, 3.63) is 65.8 Å². The van der Waals surface area contributed by atoms with Gasteiger partial charge in [-0.15, -0.1) is 0 Å². The predicted octanol–water partition coefficient (Wildman–Crippen LogP) is 2.17. The van der Waals surface area contributed by atoms with Gasteiger partial charge in [-0.1, -0.05) is 30.3 Å². The van der Waals surface area contributed by atoms with Crippen molar-refractivity contribution in [3.63, 3.8) is 0 Å². The van der Waals surface area contributed by atoms with Gasteiger partial charge in [0.25, 0.3) is 5.91 Å². The van der Waals surface area contributed by atoms with Crippen LogP contribution in [0.5, 0.6) is 0 Å². The predicted molar refractivity (Wildman–Crippen MR) is 99.3 cm³/mol. The summed E-state index contributed by atoms with van der Waals surface area (Å²) in [6.45, 7) is 4.10. The van der Waals surface area contributed by atoms with Crippen molar-refractivity contribution in [1.29, 1.82) is 0 Å². The zero-order chi connectivity index (χ0) is 18.4. The summed E-state index contributed by atoms with van der Waals surface area (Å²) < 4.78 is 0. The maximum absolute atomic E-state index is 12.6. The number of amides is 2. The average molecular weight is 350 g/mol. The zero-order valence-corrected chi connectivity index (χ0v) is 14.8. The van der Waals surface area contributed by atoms with Gasteiger partial charge in [-0.05, 0) is 25.0 Å². The number of hydrogen-bond acceptors (Lipinski definition) is 4. The minimum Gasteiger partial charge on any atom is -0.337 e. The molecule has 1 aromatic carbocycles. The zero-order valence-electron chi connectivity index (χ0n) is 14.8. The van der Waals surface area contributed by atoms with Crippen LogP contribution >= 0.6 is 0 Å². The molecule has 0 unspecified atom stereocenters. The van der Waals surface area contributed by atoms with Crippen molar-refractivity contribution in [2.45, 2.75) is 13.3 Å². The van der Waals surface area contributed by atoms with Crippen molar-refractivity contribution < 1.29 is 9.59 Å². The Labute approximate surface area is 153 Å². The SMILES string of the molecule is Cc1cnc(C(=O)N2CCCN(C(=O)C=Cc3ccccc3)CC2)cn1. The molecule has 0 radical (unpaired) electrons. The van der Waals surface area contributed by atoms with Crippen molar-refractivity contribution in [2.75, 3.05) is 26.2 Å². The number of benzene rings is 1. The van der Waals surface area contributed by atoms with Crippen molar-refractivity contribution in [3.8, 4) is 0 Å². The molecular formula is C20H22N4O2. The fourth-order valence-electron chi connectivity index (χ4n) is 2.84. The van der Waals surface area contributed by atoms with E-state index in [4.69, 9.17) is 0 Å². The van der Waals surface area contributed by atoms with Gasteiger partial charge in [-0.3, -0.25) is 14.6 Å². The Hall–Kier alpha value is -3.02. The lowest BCUT2D eigenvalue weighted by Crippen LogP contribution is -2.37. The lowest BCUT2D eigenvalue weighted by molar-refractivity contribution is -0.125. The summed E-state index contributed by atoms with van der Waals surface area (Å²) in [6.07, 6.45) is 7.26. The molecule has 1 aromatic heterocycles. The number of rotatable bonds is 3. The summed E-state index contributed by atoms with van der Waals surface area (Å²) >= 11 is 0. The Bertz CT molecular complexity index is 787. The normalized spacial score (nSPS) is 15.1. The number of aromatic nitrogens is 2. The Morgan fingerprint density at radius 3 is 2.42 bits per heavy atom. The van der Waals surface area contributed by atoms with Gasteiger partial charge in [0.2, 0.25) is 5.91 Å². The number of carbonyl (C=O) groups excluding carboxylic acids is 2. The molecule has 26 heavy (non-hydrogen) atoms. The molecule has 0 atom stereocenters. The quantitative estimate of drug-likeness (QED) is 0.796. The third-order valence-electron chi connectivity index (χ3n) is 4.31. The van der Waals surface area contributed by atoms with Crippen molar-refractivity contribution in [2.24, 2.45) is 0 Å². The second-order valence-corrected chi connectivity index (χ2v) is 6.26. The molecule has 0 saturated carbocycles. The van der Waals surface area contributed by atoms with Gasteiger partial charge in [0.05, 0.1) is 11.9 Å². The van der Waals surface area contributed by atoms with Crippen molar-refractivity contribution in [1.82, 2.24) is 19.8 Å². The van der Waals surface area contributed by atoms with Crippen LogP contribution < -0.4 is 0 Å². The van der Waals surface area contributed by atoms with Crippen LogP contribution in [0.3, 0.4) is 0 Å². The van der Waals surface area contributed by atoms with Crippen molar-refractivity contribution >= 4 is 17.9 Å². The second kappa shape index (κ2) is 8.38. The van der Waals surface area contributed by atoms with Crippen LogP contribution in [0.25, 0.3) is 6.08 Å². The van der Waals surface area contributed by atoms with Gasteiger partial charge in [0.1, 0.15) is 5.69 Å². The third-order valence-corrected chi connectivity index (χ3v) is 4.31. The van der Waals surface area contributed by atoms with Gasteiger partial charge in [0.15, 0.2) is 0 Å². The highest BCUT2D eigenvalue weighted by Gasteiger charge is 2.22. The first-order valence-corrected chi connectivity index (χ1v) is 8.73. The van der Waals surface area contributed by atoms with E-state index in [1.807, 2.05) is 43.3 Å². The van der Waals surface area contributed by atoms with Crippen LogP contribution in [0.15, 0.2) is 48.8 Å². The summed E-state index contributed by atoms with van der Waals surface area (Å²) in [5, 5.41) is 0. The molecule has 0 aliphatic carbocycles. The Morgan fingerprint density at radius 2 is 1.69 bits per heavy atom. The molecule has 6 nitrogen and oxygen atoms in total. The fraction of sp³-hybridized carbons (Fsp3) is 0.300. The molecule has 6 heteroatoms. The van der Waals surface area contributed by atoms with E-state index in [2.05, 4.69) is 9.97 Å². The molecule has 0 spiro atoms. The molecule has 2 amide bonds. The van der Waals surface area contributed by atoms with Crippen LogP contribution in [-0.4, -0.2) is 57.8 Å². The third kappa shape index (κ3) is 4.53. The van der Waals surface area contributed by atoms with E-state index in [1.54, 1.807) is 22.1 Å². The van der Waals surface area contributed by atoms with Crippen LogP contribution in [0.4, 0.5) is 0 Å². The van der Waals surface area contributed by atoms with E-state index in [0.29, 0.717) is 31.9 Å². The van der Waals surface area contributed by atoms with E-state index >= 15 is 0 Å². The maximum Gasteiger partial charge on any atom is 0.274 e. The summed E-state index contributed by atoms with van der Waals surface area (Å²) in [6, 6.07) is 9.73. The molecule has 1 fully saturated rings. The fourth-order valence-corrected chi connectivity index (χ4v) is 2.84. The second-order valence-electron chi connectivity index (χ2n) is 6.26. The topological polar surface area (TPSA) is 66.4 Å². The van der Waals surface area contributed by atoms with Gasteiger partial charge < -0.3 is 9.80 Å². The Balaban J connectivity index is 1.59. The van der Waals surface area contributed by atoms with Crippen LogP contribution in [0, 0.1) is 6.92 Å². The monoisotopic (exact) mass is 350 g/mol. The molecule has 1 aliphatic heterocycles. The first-order chi connectivity index (χ1) is 12.6. The van der Waals surface area contributed by atoms with E-state index in [0.717, 1.165) is 17.7 Å². The minimum atomic E-state index is -0.133. The number of hydrogen-bond donors (Lipinski definition) is 0. The molecule has 0 bridgehead atoms. The van der Waals surface area contributed by atoms with Crippen LogP contribution in [0.1, 0.15) is 28.2 Å². The largest absolute Gasteiger partial charge is 0.337 e. The summed E-state index contributed by atoms with van der Waals surface area (Å²) in [7, 11) is 0. The highest BCUT2D eigenvalue weighted by molar-refractivity contribution is 5.93.